The molecule has 7 heteroatoms. The van der Waals surface area contributed by atoms with Gasteiger partial charge < -0.3 is 19.9 Å². The van der Waals surface area contributed by atoms with Crippen molar-refractivity contribution in [3.63, 3.8) is 0 Å². The molecule has 2 aromatic rings. The molecule has 1 aliphatic heterocycles. The average Bonchev–Trinajstić information content (AvgIpc) is 2.69. The third kappa shape index (κ3) is 4.52. The van der Waals surface area contributed by atoms with Crippen molar-refractivity contribution in [1.82, 2.24) is 14.9 Å². The smallest absolute Gasteiger partial charge is 0.409 e. The Bertz CT molecular complexity index is 832. The van der Waals surface area contributed by atoms with Crippen LogP contribution in [0.2, 0.25) is 0 Å². The van der Waals surface area contributed by atoms with Crippen molar-refractivity contribution in [3.8, 4) is 0 Å². The Kier molecular flexibility index (Phi) is 6.34. The normalized spacial score (nSPS) is 14.1. The molecule has 0 aliphatic carbocycles. The molecular weight excluding hydrogens is 354 g/mol. The number of amides is 1. The second-order valence-corrected chi connectivity index (χ2v) is 6.95. The van der Waals surface area contributed by atoms with Gasteiger partial charge in [0.1, 0.15) is 5.82 Å². The Hall–Kier alpha value is -2.83. The molecule has 0 bridgehead atoms. The molecule has 1 fully saturated rings. The Morgan fingerprint density at radius 3 is 2.57 bits per heavy atom. The number of benzene rings is 1. The van der Waals surface area contributed by atoms with Crippen LogP contribution in [0.1, 0.15) is 30.7 Å². The Balaban J connectivity index is 1.75. The summed E-state index contributed by atoms with van der Waals surface area (Å²) in [5.41, 5.74) is 4.41. The highest BCUT2D eigenvalue weighted by Gasteiger charge is 2.23. The van der Waals surface area contributed by atoms with Gasteiger partial charge in [0, 0.05) is 43.6 Å². The molecular formula is C21H29N5O2. The van der Waals surface area contributed by atoms with Gasteiger partial charge in [-0.2, -0.15) is 4.98 Å². The van der Waals surface area contributed by atoms with Crippen LogP contribution in [-0.4, -0.2) is 53.7 Å². The van der Waals surface area contributed by atoms with Crippen LogP contribution in [0.25, 0.3) is 0 Å². The van der Waals surface area contributed by atoms with Gasteiger partial charge in [0.2, 0.25) is 5.95 Å². The molecule has 150 valence electrons. The van der Waals surface area contributed by atoms with E-state index in [4.69, 9.17) is 9.72 Å². The number of carbonyl (C=O) groups is 1. The van der Waals surface area contributed by atoms with Gasteiger partial charge >= 0.3 is 6.09 Å². The van der Waals surface area contributed by atoms with Crippen molar-refractivity contribution >= 4 is 23.5 Å². The molecule has 0 radical (unpaired) electrons. The summed E-state index contributed by atoms with van der Waals surface area (Å²) in [5, 5.41) is 3.42. The van der Waals surface area contributed by atoms with Crippen molar-refractivity contribution in [1.29, 1.82) is 0 Å². The number of hydrogen-bond donors (Lipinski definition) is 1. The molecule has 7 nitrogen and oxygen atoms in total. The van der Waals surface area contributed by atoms with Crippen molar-refractivity contribution in [2.45, 2.75) is 34.1 Å². The topological polar surface area (TPSA) is 70.6 Å². The minimum Gasteiger partial charge on any atom is -0.450 e. The fourth-order valence-corrected chi connectivity index (χ4v) is 3.42. The maximum Gasteiger partial charge on any atom is 0.409 e. The number of ether oxygens (including phenoxy) is 1. The Morgan fingerprint density at radius 1 is 1.14 bits per heavy atom. The number of nitrogens with zero attached hydrogens (tertiary/aromatic N) is 4. The zero-order valence-electron chi connectivity index (χ0n) is 17.2. The molecule has 1 amide bonds. The van der Waals surface area contributed by atoms with E-state index < -0.39 is 0 Å². The molecule has 1 aromatic carbocycles. The molecule has 28 heavy (non-hydrogen) atoms. The fourth-order valence-electron chi connectivity index (χ4n) is 3.42. The van der Waals surface area contributed by atoms with Crippen molar-refractivity contribution in [2.24, 2.45) is 0 Å². The van der Waals surface area contributed by atoms with Crippen LogP contribution < -0.4 is 10.2 Å². The molecule has 0 spiro atoms. The average molecular weight is 383 g/mol. The summed E-state index contributed by atoms with van der Waals surface area (Å²) in [4.78, 5) is 25.1. The number of piperazine rings is 1. The summed E-state index contributed by atoms with van der Waals surface area (Å²) < 4.78 is 5.09. The van der Waals surface area contributed by atoms with E-state index in [0.29, 0.717) is 25.6 Å². The molecule has 1 saturated heterocycles. The molecule has 0 saturated carbocycles. The molecule has 0 unspecified atom stereocenters. The first kappa shape index (κ1) is 19.9. The van der Waals surface area contributed by atoms with Crippen LogP contribution >= 0.6 is 0 Å². The second kappa shape index (κ2) is 8.91. The summed E-state index contributed by atoms with van der Waals surface area (Å²) in [6.45, 7) is 11.1. The quantitative estimate of drug-likeness (QED) is 0.849. The number of nitrogens with one attached hydrogen (secondary N) is 1. The molecule has 1 aliphatic rings. The lowest BCUT2D eigenvalue weighted by molar-refractivity contribution is 0.105. The van der Waals surface area contributed by atoms with E-state index in [0.717, 1.165) is 36.7 Å². The van der Waals surface area contributed by atoms with E-state index in [2.05, 4.69) is 47.2 Å². The first-order valence-electron chi connectivity index (χ1n) is 9.89. The summed E-state index contributed by atoms with van der Waals surface area (Å²) in [6, 6.07) is 8.28. The molecule has 1 N–H and O–H groups in total. The van der Waals surface area contributed by atoms with Gasteiger partial charge in [0.15, 0.2) is 0 Å². The predicted octanol–water partition coefficient (Wildman–Crippen LogP) is 3.68. The van der Waals surface area contributed by atoms with E-state index in [1.54, 1.807) is 4.90 Å². The highest BCUT2D eigenvalue weighted by Crippen LogP contribution is 2.25. The maximum atomic E-state index is 11.9. The van der Waals surface area contributed by atoms with E-state index in [9.17, 15) is 4.79 Å². The largest absolute Gasteiger partial charge is 0.450 e. The Morgan fingerprint density at radius 2 is 1.89 bits per heavy atom. The first-order valence-corrected chi connectivity index (χ1v) is 9.89. The second-order valence-electron chi connectivity index (χ2n) is 6.95. The van der Waals surface area contributed by atoms with Gasteiger partial charge in [-0.1, -0.05) is 25.1 Å². The highest BCUT2D eigenvalue weighted by molar-refractivity contribution is 5.68. The van der Waals surface area contributed by atoms with E-state index in [1.165, 1.54) is 11.1 Å². The summed E-state index contributed by atoms with van der Waals surface area (Å²) in [7, 11) is 0. The minimum atomic E-state index is -0.241. The molecule has 1 aromatic heterocycles. The number of rotatable bonds is 5. The third-order valence-electron chi connectivity index (χ3n) is 4.95. The number of para-hydroxylation sites is 1. The van der Waals surface area contributed by atoms with Crippen molar-refractivity contribution in [3.05, 3.63) is 41.1 Å². The van der Waals surface area contributed by atoms with Crippen LogP contribution in [-0.2, 0) is 11.2 Å². The first-order chi connectivity index (χ1) is 13.5. The number of anilines is 3. The maximum absolute atomic E-state index is 11.9. The third-order valence-corrected chi connectivity index (χ3v) is 4.95. The lowest BCUT2D eigenvalue weighted by Crippen LogP contribution is -2.49. The monoisotopic (exact) mass is 383 g/mol. The van der Waals surface area contributed by atoms with Gasteiger partial charge in [-0.15, -0.1) is 0 Å². The van der Waals surface area contributed by atoms with Gasteiger partial charge in [-0.05, 0) is 38.3 Å². The minimum absolute atomic E-state index is 0.241. The highest BCUT2D eigenvalue weighted by atomic mass is 16.6. The summed E-state index contributed by atoms with van der Waals surface area (Å²) >= 11 is 0. The number of hydrogen-bond acceptors (Lipinski definition) is 6. The molecule has 3 rings (SSSR count). The summed E-state index contributed by atoms with van der Waals surface area (Å²) in [6.07, 6.45) is 0.702. The lowest BCUT2D eigenvalue weighted by atomic mass is 10.1. The van der Waals surface area contributed by atoms with E-state index in [-0.39, 0.29) is 6.09 Å². The molecule has 2 heterocycles. The van der Waals surface area contributed by atoms with Crippen LogP contribution in [0, 0.1) is 13.8 Å². The van der Waals surface area contributed by atoms with Gasteiger partial charge in [-0.3, -0.25) is 0 Å². The predicted molar refractivity (Wildman–Crippen MR) is 111 cm³/mol. The van der Waals surface area contributed by atoms with Crippen molar-refractivity contribution in [2.75, 3.05) is 43.0 Å². The van der Waals surface area contributed by atoms with Gasteiger partial charge in [0.05, 0.1) is 6.61 Å². The zero-order valence-corrected chi connectivity index (χ0v) is 17.2. The molecule has 0 atom stereocenters. The van der Waals surface area contributed by atoms with Crippen LogP contribution in [0.15, 0.2) is 24.3 Å². The standard InChI is InChI=1S/C21H29N5O2/c1-5-17-9-7-8-15(3)19(17)24-20-22-16(4)14-18(23-20)25-10-12-26(13-11-25)21(27)28-6-2/h7-9,14H,5-6,10-13H2,1-4H3,(H,22,23,24). The van der Waals surface area contributed by atoms with Crippen molar-refractivity contribution < 1.29 is 9.53 Å². The summed E-state index contributed by atoms with van der Waals surface area (Å²) in [5.74, 6) is 1.48. The number of carbonyl (C=O) groups excluding carboxylic acids is 1. The fraction of sp³-hybridized carbons (Fsp3) is 0.476. The van der Waals surface area contributed by atoms with Crippen LogP contribution in [0.3, 0.4) is 0 Å². The Labute approximate surface area is 166 Å². The van der Waals surface area contributed by atoms with Gasteiger partial charge in [-0.25, -0.2) is 9.78 Å². The number of aromatic nitrogens is 2. The van der Waals surface area contributed by atoms with Crippen LogP contribution in [0.5, 0.6) is 0 Å². The number of aryl methyl sites for hydroxylation is 3. The SMILES string of the molecule is CCOC(=O)N1CCN(c2cc(C)nc(Nc3c(C)cccc3CC)n2)CC1. The van der Waals surface area contributed by atoms with Crippen LogP contribution in [0.4, 0.5) is 22.2 Å². The lowest BCUT2D eigenvalue weighted by Gasteiger charge is -2.34. The van der Waals surface area contributed by atoms with E-state index >= 15 is 0 Å². The van der Waals surface area contributed by atoms with E-state index in [1.807, 2.05) is 19.9 Å². The van der Waals surface area contributed by atoms with Gasteiger partial charge in [0.25, 0.3) is 0 Å². The zero-order chi connectivity index (χ0) is 20.1.